The van der Waals surface area contributed by atoms with Crippen molar-refractivity contribution in [3.05, 3.63) is 83.9 Å². The molecule has 3 rings (SSSR count). The van der Waals surface area contributed by atoms with E-state index in [1.54, 1.807) is 56.7 Å². The van der Waals surface area contributed by atoms with E-state index in [1.807, 2.05) is 32.0 Å². The summed E-state index contributed by atoms with van der Waals surface area (Å²) in [6, 6.07) is 20.3. The molecule has 0 saturated carbocycles. The lowest BCUT2D eigenvalue weighted by Crippen LogP contribution is -2.41. The van der Waals surface area contributed by atoms with Gasteiger partial charge in [0.1, 0.15) is 6.54 Å². The van der Waals surface area contributed by atoms with Crippen LogP contribution in [0.3, 0.4) is 0 Å². The van der Waals surface area contributed by atoms with Crippen molar-refractivity contribution in [1.29, 1.82) is 0 Å². The number of ether oxygens (including phenoxy) is 2. The average Bonchev–Trinajstić information content (AvgIpc) is 2.87. The van der Waals surface area contributed by atoms with E-state index >= 15 is 0 Å². The number of hydrogen-bond acceptors (Lipinski definition) is 5. The smallest absolute Gasteiger partial charge is 0.264 e. The highest BCUT2D eigenvalue weighted by atomic mass is 32.2. The molecule has 1 amide bonds. The lowest BCUT2D eigenvalue weighted by atomic mass is 10.1. The molecular formula is C26H30N2O5S. The summed E-state index contributed by atoms with van der Waals surface area (Å²) in [7, 11) is -0.857. The maximum Gasteiger partial charge on any atom is 0.264 e. The molecule has 0 fully saturated rings. The minimum Gasteiger partial charge on any atom is -0.493 e. The Morgan fingerprint density at radius 2 is 1.59 bits per heavy atom. The monoisotopic (exact) mass is 482 g/mol. The average molecular weight is 483 g/mol. The van der Waals surface area contributed by atoms with Crippen molar-refractivity contribution in [1.82, 2.24) is 5.32 Å². The Morgan fingerprint density at radius 3 is 2.18 bits per heavy atom. The van der Waals surface area contributed by atoms with E-state index in [0.29, 0.717) is 17.2 Å². The summed E-state index contributed by atoms with van der Waals surface area (Å²) < 4.78 is 38.6. The zero-order valence-corrected chi connectivity index (χ0v) is 20.6. The molecule has 1 unspecified atom stereocenters. The number of rotatable bonds is 10. The molecule has 1 atom stereocenters. The molecular weight excluding hydrogens is 452 g/mol. The third-order valence-electron chi connectivity index (χ3n) is 5.54. The van der Waals surface area contributed by atoms with Crippen molar-refractivity contribution in [2.24, 2.45) is 0 Å². The summed E-state index contributed by atoms with van der Waals surface area (Å²) in [6.07, 6.45) is 0.828. The number of benzene rings is 3. The second kappa shape index (κ2) is 11.1. The lowest BCUT2D eigenvalue weighted by Gasteiger charge is -2.25. The van der Waals surface area contributed by atoms with Gasteiger partial charge in [-0.25, -0.2) is 8.42 Å². The van der Waals surface area contributed by atoms with Gasteiger partial charge in [0.2, 0.25) is 5.91 Å². The van der Waals surface area contributed by atoms with E-state index in [4.69, 9.17) is 9.47 Å². The highest BCUT2D eigenvalue weighted by molar-refractivity contribution is 7.92. The fourth-order valence-electron chi connectivity index (χ4n) is 3.56. The third-order valence-corrected chi connectivity index (χ3v) is 7.32. The highest BCUT2D eigenvalue weighted by Gasteiger charge is 2.27. The molecule has 0 spiro atoms. The number of nitrogens with zero attached hydrogens (tertiary/aromatic N) is 1. The first-order valence-corrected chi connectivity index (χ1v) is 12.4. The van der Waals surface area contributed by atoms with Crippen LogP contribution in [0.1, 0.15) is 31.0 Å². The van der Waals surface area contributed by atoms with Crippen molar-refractivity contribution >= 4 is 21.6 Å². The molecule has 1 N–H and O–H groups in total. The van der Waals surface area contributed by atoms with E-state index in [0.717, 1.165) is 21.9 Å². The summed E-state index contributed by atoms with van der Waals surface area (Å²) in [5.41, 5.74) is 2.30. The number of hydrogen-bond donors (Lipinski definition) is 1. The quantitative estimate of drug-likeness (QED) is 0.465. The van der Waals surface area contributed by atoms with E-state index < -0.39 is 15.9 Å². The molecule has 0 saturated heterocycles. The molecule has 0 radical (unpaired) electrons. The molecule has 0 aliphatic carbocycles. The van der Waals surface area contributed by atoms with Crippen LogP contribution in [-0.2, 0) is 21.2 Å². The third kappa shape index (κ3) is 5.69. The predicted octanol–water partition coefficient (Wildman–Crippen LogP) is 4.34. The standard InChI is InChI=1S/C26H30N2O5S/c1-5-20-11-14-22(15-12-20)28(34(30,31)23-9-7-6-8-10-23)18-26(29)27-19(2)21-13-16-24(32-3)25(17-21)33-4/h6-17,19H,5,18H2,1-4H3,(H,27,29). The van der Waals surface area contributed by atoms with Gasteiger partial charge in [0.15, 0.2) is 11.5 Å². The minimum atomic E-state index is -3.95. The summed E-state index contributed by atoms with van der Waals surface area (Å²) in [4.78, 5) is 13.1. The molecule has 7 nitrogen and oxygen atoms in total. The summed E-state index contributed by atoms with van der Waals surface area (Å²) >= 11 is 0. The number of methoxy groups -OCH3 is 2. The van der Waals surface area contributed by atoms with Gasteiger partial charge in [0, 0.05) is 0 Å². The molecule has 0 aliphatic rings. The molecule has 3 aromatic rings. The maximum atomic E-state index is 13.4. The number of carbonyl (C=O) groups is 1. The Kier molecular flexibility index (Phi) is 8.17. The van der Waals surface area contributed by atoms with Crippen LogP contribution < -0.4 is 19.1 Å². The Hall–Kier alpha value is -3.52. The number of anilines is 1. The van der Waals surface area contributed by atoms with Crippen LogP contribution >= 0.6 is 0 Å². The summed E-state index contributed by atoms with van der Waals surface area (Å²) in [6.45, 7) is 3.49. The molecule has 0 bridgehead atoms. The van der Waals surface area contributed by atoms with Crippen molar-refractivity contribution in [2.75, 3.05) is 25.1 Å². The number of amides is 1. The van der Waals surface area contributed by atoms with Gasteiger partial charge in [-0.2, -0.15) is 0 Å². The SMILES string of the molecule is CCc1ccc(N(CC(=O)NC(C)c2ccc(OC)c(OC)c2)S(=O)(=O)c2ccccc2)cc1. The molecule has 0 heterocycles. The maximum absolute atomic E-state index is 13.4. The Morgan fingerprint density at radius 1 is 0.941 bits per heavy atom. The van der Waals surface area contributed by atoms with Crippen molar-refractivity contribution in [2.45, 2.75) is 31.2 Å². The van der Waals surface area contributed by atoms with Gasteiger partial charge in [-0.3, -0.25) is 9.10 Å². The minimum absolute atomic E-state index is 0.121. The first-order valence-electron chi connectivity index (χ1n) is 11.0. The molecule has 8 heteroatoms. The first kappa shape index (κ1) is 25.1. The summed E-state index contributed by atoms with van der Waals surface area (Å²) in [5.74, 6) is 0.701. The van der Waals surface area contributed by atoms with Crippen molar-refractivity contribution < 1.29 is 22.7 Å². The van der Waals surface area contributed by atoms with Gasteiger partial charge >= 0.3 is 0 Å². The predicted molar refractivity (Wildman–Crippen MR) is 133 cm³/mol. The Balaban J connectivity index is 1.86. The van der Waals surface area contributed by atoms with E-state index in [-0.39, 0.29) is 17.5 Å². The van der Waals surface area contributed by atoms with E-state index in [2.05, 4.69) is 5.32 Å². The normalized spacial score (nSPS) is 12.0. The molecule has 34 heavy (non-hydrogen) atoms. The molecule has 180 valence electrons. The first-order chi connectivity index (χ1) is 16.3. The van der Waals surface area contributed by atoms with Gasteiger partial charge in [-0.1, -0.05) is 43.3 Å². The van der Waals surface area contributed by atoms with Crippen LogP contribution in [0.25, 0.3) is 0 Å². The van der Waals surface area contributed by atoms with Gasteiger partial charge in [-0.15, -0.1) is 0 Å². The zero-order chi connectivity index (χ0) is 24.7. The second-order valence-electron chi connectivity index (χ2n) is 7.75. The van der Waals surface area contributed by atoms with Crippen molar-refractivity contribution in [3.63, 3.8) is 0 Å². The van der Waals surface area contributed by atoms with Crippen LogP contribution in [0.15, 0.2) is 77.7 Å². The van der Waals surface area contributed by atoms with Crippen LogP contribution in [0.4, 0.5) is 5.69 Å². The van der Waals surface area contributed by atoms with Crippen molar-refractivity contribution in [3.8, 4) is 11.5 Å². The fraction of sp³-hybridized carbons (Fsp3) is 0.269. The highest BCUT2D eigenvalue weighted by Crippen LogP contribution is 2.30. The van der Waals surface area contributed by atoms with E-state index in [9.17, 15) is 13.2 Å². The van der Waals surface area contributed by atoms with Crippen LogP contribution in [0.2, 0.25) is 0 Å². The Labute approximate surface area is 201 Å². The topological polar surface area (TPSA) is 84.9 Å². The summed E-state index contributed by atoms with van der Waals surface area (Å²) in [5, 5.41) is 2.89. The van der Waals surface area contributed by atoms with Gasteiger partial charge in [0.25, 0.3) is 10.0 Å². The molecule has 0 aliphatic heterocycles. The Bertz CT molecular complexity index is 1210. The number of carbonyl (C=O) groups excluding carboxylic acids is 1. The van der Waals surface area contributed by atoms with Crippen LogP contribution in [-0.4, -0.2) is 35.1 Å². The molecule has 0 aromatic heterocycles. The zero-order valence-electron chi connectivity index (χ0n) is 19.8. The molecule has 3 aromatic carbocycles. The number of nitrogens with one attached hydrogen (secondary N) is 1. The number of sulfonamides is 1. The lowest BCUT2D eigenvalue weighted by molar-refractivity contribution is -0.120. The van der Waals surface area contributed by atoms with Crippen LogP contribution in [0.5, 0.6) is 11.5 Å². The van der Waals surface area contributed by atoms with Gasteiger partial charge in [-0.05, 0) is 60.9 Å². The van der Waals surface area contributed by atoms with Gasteiger partial charge < -0.3 is 14.8 Å². The second-order valence-corrected chi connectivity index (χ2v) is 9.61. The van der Waals surface area contributed by atoms with Gasteiger partial charge in [0.05, 0.1) is 30.8 Å². The largest absolute Gasteiger partial charge is 0.493 e. The van der Waals surface area contributed by atoms with E-state index in [1.165, 1.54) is 12.1 Å². The fourth-order valence-corrected chi connectivity index (χ4v) is 5.00. The van der Waals surface area contributed by atoms with Crippen LogP contribution in [0, 0.1) is 0 Å². The number of aryl methyl sites for hydroxylation is 1.